The number of aryl methyl sites for hydroxylation is 1. The van der Waals surface area contributed by atoms with Crippen LogP contribution in [0, 0.1) is 23.3 Å². The van der Waals surface area contributed by atoms with Crippen molar-refractivity contribution in [1.29, 1.82) is 0 Å². The molecule has 222 valence electrons. The highest BCUT2D eigenvalue weighted by Crippen LogP contribution is 2.27. The number of aromatic hydroxyl groups is 1. The van der Waals surface area contributed by atoms with Crippen molar-refractivity contribution in [2.45, 2.75) is 58.3 Å². The van der Waals surface area contributed by atoms with Gasteiger partial charge in [-0.1, -0.05) is 54.9 Å². The Hall–Kier alpha value is -3.15. The third-order valence-corrected chi connectivity index (χ3v) is 8.68. The molecule has 1 aliphatic heterocycles. The number of likely N-dealkylation sites (tertiary alicyclic amines) is 1. The maximum atomic E-state index is 13.8. The lowest BCUT2D eigenvalue weighted by molar-refractivity contribution is -0.146. The fraction of sp³-hybridized carbons (Fsp3) is 0.344. The third kappa shape index (κ3) is 7.43. The first-order valence-corrected chi connectivity index (χ1v) is 15.3. The predicted molar refractivity (Wildman–Crippen MR) is 170 cm³/mol. The van der Waals surface area contributed by atoms with Gasteiger partial charge < -0.3 is 25.7 Å². The number of aliphatic hydroxyl groups excluding tert-OH is 1. The number of hydrogen-bond donors (Lipinski definition) is 4. The summed E-state index contributed by atoms with van der Waals surface area (Å²) in [6.07, 6.45) is -0.982. The molecule has 3 aromatic rings. The molecule has 4 rings (SSSR count). The highest BCUT2D eigenvalue weighted by molar-refractivity contribution is 14.1. The van der Waals surface area contributed by atoms with Gasteiger partial charge in [-0.25, -0.2) is 0 Å². The van der Waals surface area contributed by atoms with Gasteiger partial charge in [0.05, 0.1) is 6.04 Å². The van der Waals surface area contributed by atoms with Crippen LogP contribution in [0.15, 0.2) is 60.7 Å². The second kappa shape index (κ2) is 13.9. The molecular formula is C32H35ClIN3O5. The molecule has 0 spiro atoms. The van der Waals surface area contributed by atoms with Crippen molar-refractivity contribution in [3.8, 4) is 5.75 Å². The molecule has 4 atom stereocenters. The summed E-state index contributed by atoms with van der Waals surface area (Å²) < 4.78 is 0.997. The molecule has 3 aromatic carbocycles. The second-order valence-corrected chi connectivity index (χ2v) is 12.6. The normalized spacial score (nSPS) is 17.9. The van der Waals surface area contributed by atoms with Crippen LogP contribution in [0.5, 0.6) is 5.75 Å². The van der Waals surface area contributed by atoms with Gasteiger partial charge in [-0.15, -0.1) is 0 Å². The summed E-state index contributed by atoms with van der Waals surface area (Å²) in [6.45, 7) is 6.02. The van der Waals surface area contributed by atoms with E-state index in [0.717, 1.165) is 20.3 Å². The van der Waals surface area contributed by atoms with Gasteiger partial charge in [0.2, 0.25) is 5.91 Å². The van der Waals surface area contributed by atoms with E-state index in [1.165, 1.54) is 11.0 Å². The number of benzene rings is 3. The molecule has 1 fully saturated rings. The van der Waals surface area contributed by atoms with Crippen LogP contribution < -0.4 is 10.6 Å². The molecule has 8 nitrogen and oxygen atoms in total. The van der Waals surface area contributed by atoms with Gasteiger partial charge in [-0.2, -0.15) is 0 Å². The largest absolute Gasteiger partial charge is 0.508 e. The third-order valence-electron chi connectivity index (χ3n) is 7.72. The van der Waals surface area contributed by atoms with Gasteiger partial charge in [0.1, 0.15) is 11.8 Å². The lowest BCUT2D eigenvalue weighted by atomic mass is 9.98. The maximum Gasteiger partial charge on any atom is 0.254 e. The van der Waals surface area contributed by atoms with Crippen molar-refractivity contribution < 1.29 is 24.6 Å². The molecule has 42 heavy (non-hydrogen) atoms. The van der Waals surface area contributed by atoms with E-state index in [2.05, 4.69) is 33.2 Å². The van der Waals surface area contributed by atoms with Crippen LogP contribution in [0.4, 0.5) is 0 Å². The lowest BCUT2D eigenvalue weighted by Gasteiger charge is -2.30. The Morgan fingerprint density at radius 1 is 1.10 bits per heavy atom. The molecule has 0 radical (unpaired) electrons. The average molecular weight is 704 g/mol. The zero-order chi connectivity index (χ0) is 30.6. The molecule has 0 aromatic heterocycles. The topological polar surface area (TPSA) is 119 Å². The highest BCUT2D eigenvalue weighted by atomic mass is 127. The number of aliphatic hydroxyl groups is 1. The minimum Gasteiger partial charge on any atom is -0.508 e. The Bertz CT molecular complexity index is 1440. The standard InChI is InChI=1S/C32H35ClIN3O5/c1-18-12-27(31(41)35-16-24-19(2)13-22(34)15-25(24)33)37(17-18)32(42)29(39)26(14-21-8-5-4-6-9-21)36-30(40)23-10-7-11-28(38)20(23)3/h4-11,13,15,18,26-27,29,38-39H,12,14,16-17H2,1-3H3,(H,35,41)(H,36,40)/t18-,26+,27+,29+/m1/s1. The first-order chi connectivity index (χ1) is 20.0. The molecule has 0 bridgehead atoms. The fourth-order valence-electron chi connectivity index (χ4n) is 5.35. The first-order valence-electron chi connectivity index (χ1n) is 13.8. The minimum absolute atomic E-state index is 0.0273. The molecular weight excluding hydrogens is 669 g/mol. The summed E-state index contributed by atoms with van der Waals surface area (Å²) in [5.41, 5.74) is 3.21. The molecule has 1 aliphatic rings. The van der Waals surface area contributed by atoms with E-state index in [1.54, 1.807) is 19.1 Å². The van der Waals surface area contributed by atoms with Gasteiger partial charge in [0.25, 0.3) is 11.8 Å². The van der Waals surface area contributed by atoms with Crippen LogP contribution in [-0.2, 0) is 22.6 Å². The Labute approximate surface area is 264 Å². The summed E-state index contributed by atoms with van der Waals surface area (Å²) in [5, 5.41) is 27.8. The molecule has 10 heteroatoms. The Morgan fingerprint density at radius 3 is 2.50 bits per heavy atom. The average Bonchev–Trinajstić information content (AvgIpc) is 3.34. The Balaban J connectivity index is 1.53. The van der Waals surface area contributed by atoms with Gasteiger partial charge >= 0.3 is 0 Å². The van der Waals surface area contributed by atoms with E-state index in [4.69, 9.17) is 11.6 Å². The first kappa shape index (κ1) is 31.8. The van der Waals surface area contributed by atoms with Crippen molar-refractivity contribution in [3.05, 3.63) is 97.1 Å². The van der Waals surface area contributed by atoms with Crippen molar-refractivity contribution in [3.63, 3.8) is 0 Å². The number of nitrogens with zero attached hydrogens (tertiary/aromatic N) is 1. The number of carbonyl (C=O) groups is 3. The number of rotatable bonds is 9. The van der Waals surface area contributed by atoms with Crippen molar-refractivity contribution in [2.75, 3.05) is 6.54 Å². The van der Waals surface area contributed by atoms with Crippen LogP contribution in [0.25, 0.3) is 0 Å². The number of amides is 3. The molecule has 3 amide bonds. The van der Waals surface area contributed by atoms with E-state index < -0.39 is 30.0 Å². The van der Waals surface area contributed by atoms with Crippen LogP contribution in [0.1, 0.15) is 46.0 Å². The van der Waals surface area contributed by atoms with Crippen LogP contribution in [-0.4, -0.2) is 57.6 Å². The quantitative estimate of drug-likeness (QED) is 0.245. The summed E-state index contributed by atoms with van der Waals surface area (Å²) in [4.78, 5) is 41.8. The molecule has 0 saturated carbocycles. The van der Waals surface area contributed by atoms with Crippen LogP contribution in [0.3, 0.4) is 0 Å². The predicted octanol–water partition coefficient (Wildman–Crippen LogP) is 4.52. The van der Waals surface area contributed by atoms with Crippen molar-refractivity contribution in [2.24, 2.45) is 5.92 Å². The van der Waals surface area contributed by atoms with Crippen LogP contribution >= 0.6 is 34.2 Å². The zero-order valence-corrected chi connectivity index (χ0v) is 26.6. The lowest BCUT2D eigenvalue weighted by Crippen LogP contribution is -2.55. The summed E-state index contributed by atoms with van der Waals surface area (Å²) >= 11 is 8.61. The number of hydrogen-bond acceptors (Lipinski definition) is 5. The van der Waals surface area contributed by atoms with E-state index in [-0.39, 0.29) is 36.1 Å². The monoisotopic (exact) mass is 703 g/mol. The van der Waals surface area contributed by atoms with E-state index >= 15 is 0 Å². The highest BCUT2D eigenvalue weighted by Gasteiger charge is 2.42. The number of nitrogens with one attached hydrogen (secondary N) is 2. The zero-order valence-electron chi connectivity index (χ0n) is 23.7. The Kier molecular flexibility index (Phi) is 10.5. The summed E-state index contributed by atoms with van der Waals surface area (Å²) in [7, 11) is 0. The molecule has 0 unspecified atom stereocenters. The van der Waals surface area contributed by atoms with Crippen molar-refractivity contribution in [1.82, 2.24) is 15.5 Å². The molecule has 1 saturated heterocycles. The Morgan fingerprint density at radius 2 is 1.81 bits per heavy atom. The number of phenolic OH excluding ortho intramolecular Hbond substituents is 1. The SMILES string of the molecule is Cc1cc(I)cc(Cl)c1CNC(=O)[C@@H]1C[C@@H](C)CN1C(=O)[C@@H](O)[C@H](Cc1ccccc1)NC(=O)c1cccc(O)c1C. The maximum absolute atomic E-state index is 13.8. The second-order valence-electron chi connectivity index (χ2n) is 10.9. The van der Waals surface area contributed by atoms with E-state index in [0.29, 0.717) is 23.6 Å². The fourth-order valence-corrected chi connectivity index (χ4v) is 6.65. The number of carbonyl (C=O) groups excluding carboxylic acids is 3. The molecule has 1 heterocycles. The van der Waals surface area contributed by atoms with E-state index in [9.17, 15) is 24.6 Å². The smallest absolute Gasteiger partial charge is 0.254 e. The number of halogens is 2. The summed E-state index contributed by atoms with van der Waals surface area (Å²) in [5.74, 6) is -1.46. The van der Waals surface area contributed by atoms with Crippen LogP contribution in [0.2, 0.25) is 5.02 Å². The number of phenols is 1. The van der Waals surface area contributed by atoms with Gasteiger partial charge in [0.15, 0.2) is 6.10 Å². The summed E-state index contributed by atoms with van der Waals surface area (Å²) in [6, 6.07) is 15.9. The van der Waals surface area contributed by atoms with Crippen molar-refractivity contribution >= 4 is 51.9 Å². The molecule has 0 aliphatic carbocycles. The minimum atomic E-state index is -1.61. The van der Waals surface area contributed by atoms with Gasteiger partial charge in [-0.3, -0.25) is 14.4 Å². The van der Waals surface area contributed by atoms with E-state index in [1.807, 2.05) is 56.3 Å². The van der Waals surface area contributed by atoms with Gasteiger partial charge in [-0.05, 0) is 96.2 Å². The molecule has 4 N–H and O–H groups in total. The van der Waals surface area contributed by atoms with Gasteiger partial charge in [0, 0.05) is 32.8 Å².